The quantitative estimate of drug-likeness (QED) is 0.754. The molecule has 1 aromatic heterocycles. The van der Waals surface area contributed by atoms with Crippen LogP contribution in [-0.2, 0) is 0 Å². The largest absolute Gasteiger partial charge is 0.342 e. The summed E-state index contributed by atoms with van der Waals surface area (Å²) < 4.78 is 0. The van der Waals surface area contributed by atoms with Gasteiger partial charge in [-0.25, -0.2) is 4.98 Å². The lowest BCUT2D eigenvalue weighted by Gasteiger charge is -2.13. The lowest BCUT2D eigenvalue weighted by atomic mass is 10.0. The maximum absolute atomic E-state index is 6.15. The van der Waals surface area contributed by atoms with Crippen LogP contribution in [0.1, 0.15) is 37.2 Å². The molecule has 92 valence electrons. The molecule has 0 saturated carbocycles. The molecule has 4 nitrogen and oxygen atoms in total. The van der Waals surface area contributed by atoms with Gasteiger partial charge in [0.2, 0.25) is 0 Å². The van der Waals surface area contributed by atoms with Crippen LogP contribution in [0.15, 0.2) is 18.2 Å². The van der Waals surface area contributed by atoms with E-state index < -0.39 is 0 Å². The van der Waals surface area contributed by atoms with Gasteiger partial charge in [-0.3, -0.25) is 0 Å². The van der Waals surface area contributed by atoms with Crippen molar-refractivity contribution in [2.75, 3.05) is 0 Å². The molecular formula is C13H20N4. The fourth-order valence-electron chi connectivity index (χ4n) is 1.99. The van der Waals surface area contributed by atoms with E-state index in [4.69, 9.17) is 11.5 Å². The Balaban J connectivity index is 2.17. The Bertz CT molecular complexity index is 501. The van der Waals surface area contributed by atoms with Gasteiger partial charge < -0.3 is 16.5 Å². The molecule has 2 rings (SSSR count). The monoisotopic (exact) mass is 232 g/mol. The number of fused-ring (bicyclic) bond motifs is 1. The molecule has 0 bridgehead atoms. The van der Waals surface area contributed by atoms with E-state index in [-0.39, 0.29) is 12.1 Å². The Labute approximate surface area is 101 Å². The fourth-order valence-corrected chi connectivity index (χ4v) is 1.99. The number of aryl methyl sites for hydroxylation is 1. The summed E-state index contributed by atoms with van der Waals surface area (Å²) in [6.45, 7) is 3.96. The fraction of sp³-hybridized carbons (Fsp3) is 0.462. The molecule has 0 aliphatic carbocycles. The highest BCUT2D eigenvalue weighted by Crippen LogP contribution is 2.20. The van der Waals surface area contributed by atoms with Gasteiger partial charge in [0.05, 0.1) is 11.0 Å². The molecule has 1 aromatic carbocycles. The molecule has 4 heteroatoms. The van der Waals surface area contributed by atoms with E-state index in [0.29, 0.717) is 0 Å². The predicted octanol–water partition coefficient (Wildman–Crippen LogP) is 2.00. The number of nitrogens with two attached hydrogens (primary N) is 2. The molecule has 17 heavy (non-hydrogen) atoms. The minimum atomic E-state index is 0.0500. The van der Waals surface area contributed by atoms with E-state index in [1.807, 2.05) is 19.9 Å². The number of aromatic nitrogens is 2. The lowest BCUT2D eigenvalue weighted by molar-refractivity contribution is 0.555. The van der Waals surface area contributed by atoms with Gasteiger partial charge in [0, 0.05) is 12.1 Å². The standard InChI is InChI=1S/C13H20N4/c1-8(14)3-5-11(15)10-4-6-12-13(7-10)17-9(2)16-12/h4,6-8,11H,3,5,14-15H2,1-2H3,(H,16,17). The first-order valence-electron chi connectivity index (χ1n) is 6.03. The number of benzene rings is 1. The second kappa shape index (κ2) is 4.85. The highest BCUT2D eigenvalue weighted by Gasteiger charge is 2.09. The van der Waals surface area contributed by atoms with Gasteiger partial charge in [0.25, 0.3) is 0 Å². The number of hydrogen-bond donors (Lipinski definition) is 3. The average molecular weight is 232 g/mol. The zero-order valence-corrected chi connectivity index (χ0v) is 10.4. The van der Waals surface area contributed by atoms with Crippen molar-refractivity contribution in [2.24, 2.45) is 11.5 Å². The van der Waals surface area contributed by atoms with Crippen molar-refractivity contribution >= 4 is 11.0 Å². The number of imidazole rings is 1. The van der Waals surface area contributed by atoms with E-state index in [1.165, 1.54) is 0 Å². The summed E-state index contributed by atoms with van der Waals surface area (Å²) >= 11 is 0. The third kappa shape index (κ3) is 2.84. The molecule has 0 fully saturated rings. The van der Waals surface area contributed by atoms with E-state index in [1.54, 1.807) is 0 Å². The molecule has 0 radical (unpaired) electrons. The first-order valence-corrected chi connectivity index (χ1v) is 6.03. The first kappa shape index (κ1) is 12.1. The summed E-state index contributed by atoms with van der Waals surface area (Å²) in [4.78, 5) is 7.60. The van der Waals surface area contributed by atoms with Crippen molar-refractivity contribution in [1.29, 1.82) is 0 Å². The Morgan fingerprint density at radius 2 is 2.06 bits per heavy atom. The molecular weight excluding hydrogens is 212 g/mol. The second-order valence-corrected chi connectivity index (χ2v) is 4.76. The van der Waals surface area contributed by atoms with Crippen LogP contribution in [-0.4, -0.2) is 16.0 Å². The Morgan fingerprint density at radius 1 is 1.29 bits per heavy atom. The third-order valence-electron chi connectivity index (χ3n) is 2.99. The maximum Gasteiger partial charge on any atom is 0.104 e. The molecule has 0 saturated heterocycles. The Morgan fingerprint density at radius 3 is 2.76 bits per heavy atom. The smallest absolute Gasteiger partial charge is 0.104 e. The highest BCUT2D eigenvalue weighted by molar-refractivity contribution is 5.75. The van der Waals surface area contributed by atoms with Gasteiger partial charge in [0.1, 0.15) is 5.82 Å². The van der Waals surface area contributed by atoms with Crippen LogP contribution in [0, 0.1) is 6.92 Å². The van der Waals surface area contributed by atoms with E-state index in [0.717, 1.165) is 35.3 Å². The van der Waals surface area contributed by atoms with Crippen LogP contribution in [0.5, 0.6) is 0 Å². The summed E-state index contributed by atoms with van der Waals surface area (Å²) in [5.74, 6) is 0.932. The maximum atomic E-state index is 6.15. The summed E-state index contributed by atoms with van der Waals surface area (Å²) in [5, 5.41) is 0. The zero-order valence-electron chi connectivity index (χ0n) is 10.4. The number of nitrogens with one attached hydrogen (secondary N) is 1. The number of nitrogens with zero attached hydrogens (tertiary/aromatic N) is 1. The minimum Gasteiger partial charge on any atom is -0.342 e. The summed E-state index contributed by atoms with van der Waals surface area (Å²) in [7, 11) is 0. The number of aromatic amines is 1. The van der Waals surface area contributed by atoms with Crippen LogP contribution in [0.2, 0.25) is 0 Å². The SMILES string of the molecule is Cc1nc2ccc(C(N)CCC(C)N)cc2[nH]1. The van der Waals surface area contributed by atoms with Crippen molar-refractivity contribution in [3.63, 3.8) is 0 Å². The number of rotatable bonds is 4. The topological polar surface area (TPSA) is 80.7 Å². The third-order valence-corrected chi connectivity index (χ3v) is 2.99. The van der Waals surface area contributed by atoms with Crippen molar-refractivity contribution in [3.05, 3.63) is 29.6 Å². The van der Waals surface area contributed by atoms with Crippen molar-refractivity contribution in [3.8, 4) is 0 Å². The highest BCUT2D eigenvalue weighted by atomic mass is 14.9. The van der Waals surface area contributed by atoms with Crippen LogP contribution in [0.4, 0.5) is 0 Å². The van der Waals surface area contributed by atoms with E-state index in [9.17, 15) is 0 Å². The molecule has 0 aliphatic heterocycles. The Hall–Kier alpha value is -1.39. The predicted molar refractivity (Wildman–Crippen MR) is 70.6 cm³/mol. The summed E-state index contributed by atoms with van der Waals surface area (Å²) in [5.41, 5.74) is 15.1. The van der Waals surface area contributed by atoms with Gasteiger partial charge in [-0.15, -0.1) is 0 Å². The second-order valence-electron chi connectivity index (χ2n) is 4.76. The molecule has 0 aliphatic rings. The molecule has 0 amide bonds. The summed E-state index contributed by atoms with van der Waals surface area (Å²) in [6.07, 6.45) is 1.86. The van der Waals surface area contributed by atoms with Crippen LogP contribution in [0.25, 0.3) is 11.0 Å². The Kier molecular flexibility index (Phi) is 3.45. The van der Waals surface area contributed by atoms with Crippen molar-refractivity contribution in [2.45, 2.75) is 38.8 Å². The normalized spacial score (nSPS) is 15.1. The molecule has 1 heterocycles. The minimum absolute atomic E-state index is 0.0500. The lowest BCUT2D eigenvalue weighted by Crippen LogP contribution is -2.18. The molecule has 0 spiro atoms. The van der Waals surface area contributed by atoms with Gasteiger partial charge in [-0.1, -0.05) is 6.07 Å². The summed E-state index contributed by atoms with van der Waals surface area (Å²) in [6, 6.07) is 6.41. The van der Waals surface area contributed by atoms with E-state index in [2.05, 4.69) is 22.1 Å². The van der Waals surface area contributed by atoms with Crippen LogP contribution in [0.3, 0.4) is 0 Å². The van der Waals surface area contributed by atoms with Crippen molar-refractivity contribution < 1.29 is 0 Å². The van der Waals surface area contributed by atoms with E-state index >= 15 is 0 Å². The van der Waals surface area contributed by atoms with Gasteiger partial charge >= 0.3 is 0 Å². The molecule has 2 unspecified atom stereocenters. The van der Waals surface area contributed by atoms with Gasteiger partial charge in [-0.2, -0.15) is 0 Å². The average Bonchev–Trinajstić information content (AvgIpc) is 2.64. The first-order chi connectivity index (χ1) is 8.06. The van der Waals surface area contributed by atoms with Crippen LogP contribution < -0.4 is 11.5 Å². The van der Waals surface area contributed by atoms with Gasteiger partial charge in [-0.05, 0) is 44.4 Å². The van der Waals surface area contributed by atoms with Gasteiger partial charge in [0.15, 0.2) is 0 Å². The zero-order chi connectivity index (χ0) is 12.4. The molecule has 2 atom stereocenters. The molecule has 2 aromatic rings. The number of hydrogen-bond acceptors (Lipinski definition) is 3. The molecule has 5 N–H and O–H groups in total. The number of H-pyrrole nitrogens is 1. The van der Waals surface area contributed by atoms with Crippen LogP contribution >= 0.6 is 0 Å². The van der Waals surface area contributed by atoms with Crippen molar-refractivity contribution in [1.82, 2.24) is 9.97 Å².